The Balaban J connectivity index is 1.58. The monoisotopic (exact) mass is 344 g/mol. The summed E-state index contributed by atoms with van der Waals surface area (Å²) in [4.78, 5) is 19.3. The molecule has 0 bridgehead atoms. The van der Waals surface area contributed by atoms with E-state index in [0.717, 1.165) is 30.0 Å². The average Bonchev–Trinajstić information content (AvgIpc) is 3.31. The average molecular weight is 344 g/mol. The van der Waals surface area contributed by atoms with Crippen LogP contribution < -0.4 is 0 Å². The third kappa shape index (κ3) is 2.70. The van der Waals surface area contributed by atoms with Crippen molar-refractivity contribution in [1.82, 2.24) is 19.7 Å². The zero-order chi connectivity index (χ0) is 15.8. The van der Waals surface area contributed by atoms with Gasteiger partial charge in [-0.2, -0.15) is 16.4 Å². The second-order valence-corrected chi connectivity index (χ2v) is 7.29. The molecule has 0 unspecified atom stereocenters. The first kappa shape index (κ1) is 14.6. The van der Waals surface area contributed by atoms with E-state index in [4.69, 9.17) is 0 Å². The number of likely N-dealkylation sites (tertiary alicyclic amines) is 1. The predicted molar refractivity (Wildman–Crippen MR) is 91.6 cm³/mol. The largest absolute Gasteiger partial charge is 0.330 e. The quantitative estimate of drug-likeness (QED) is 0.730. The lowest BCUT2D eigenvalue weighted by Crippen LogP contribution is -2.30. The van der Waals surface area contributed by atoms with Gasteiger partial charge in [-0.25, -0.2) is 4.98 Å². The highest BCUT2D eigenvalue weighted by molar-refractivity contribution is 7.13. The molecule has 1 aliphatic rings. The molecule has 23 heavy (non-hydrogen) atoms. The Hall–Kier alpha value is -1.99. The number of aromatic nitrogens is 3. The van der Waals surface area contributed by atoms with Gasteiger partial charge >= 0.3 is 0 Å². The molecule has 1 amide bonds. The Labute approximate surface area is 142 Å². The molecule has 1 atom stereocenters. The van der Waals surface area contributed by atoms with Crippen LogP contribution in [0.15, 0.2) is 34.6 Å². The molecule has 118 valence electrons. The van der Waals surface area contributed by atoms with Crippen LogP contribution in [0.4, 0.5) is 0 Å². The summed E-state index contributed by atoms with van der Waals surface area (Å²) in [5.41, 5.74) is 2.73. The summed E-state index contributed by atoms with van der Waals surface area (Å²) in [5.74, 6) is 0.0325. The molecule has 4 heterocycles. The fraction of sp³-hybridized carbons (Fsp3) is 0.312. The van der Waals surface area contributed by atoms with E-state index in [0.29, 0.717) is 5.69 Å². The highest BCUT2D eigenvalue weighted by atomic mass is 32.1. The van der Waals surface area contributed by atoms with Crippen LogP contribution in [0.1, 0.15) is 34.9 Å². The lowest BCUT2D eigenvalue weighted by atomic mass is 10.1. The molecule has 0 aromatic carbocycles. The molecule has 0 radical (unpaired) electrons. The molecule has 3 aromatic rings. The minimum absolute atomic E-state index is 0.0325. The summed E-state index contributed by atoms with van der Waals surface area (Å²) < 4.78 is 1.74. The number of carbonyl (C=O) groups excluding carboxylic acids is 1. The maximum atomic E-state index is 12.9. The highest BCUT2D eigenvalue weighted by Gasteiger charge is 2.31. The van der Waals surface area contributed by atoms with Gasteiger partial charge in [-0.3, -0.25) is 9.48 Å². The zero-order valence-corrected chi connectivity index (χ0v) is 14.3. The molecule has 0 aliphatic carbocycles. The summed E-state index contributed by atoms with van der Waals surface area (Å²) >= 11 is 3.17. The van der Waals surface area contributed by atoms with Gasteiger partial charge in [0, 0.05) is 30.7 Å². The molecular weight excluding hydrogens is 328 g/mol. The number of thiophene rings is 1. The SMILES string of the molecule is Cn1cc(-c2nc(C(=O)N3CCC[C@@H]3c3ccsc3)cs2)cn1. The number of aryl methyl sites for hydroxylation is 1. The zero-order valence-electron chi connectivity index (χ0n) is 12.7. The molecule has 0 saturated carbocycles. The summed E-state index contributed by atoms with van der Waals surface area (Å²) in [6.45, 7) is 0.805. The summed E-state index contributed by atoms with van der Waals surface area (Å²) in [6, 6.07) is 2.31. The molecule has 1 aliphatic heterocycles. The van der Waals surface area contributed by atoms with E-state index >= 15 is 0 Å². The Kier molecular flexibility index (Phi) is 3.74. The minimum Gasteiger partial charge on any atom is -0.330 e. The van der Waals surface area contributed by atoms with Crippen molar-refractivity contribution >= 4 is 28.6 Å². The second-order valence-electron chi connectivity index (χ2n) is 5.65. The van der Waals surface area contributed by atoms with Crippen molar-refractivity contribution in [1.29, 1.82) is 0 Å². The number of amides is 1. The van der Waals surface area contributed by atoms with Gasteiger partial charge in [0.1, 0.15) is 10.7 Å². The smallest absolute Gasteiger partial charge is 0.273 e. The van der Waals surface area contributed by atoms with Crippen molar-refractivity contribution < 1.29 is 4.79 Å². The molecule has 1 fully saturated rings. The lowest BCUT2D eigenvalue weighted by Gasteiger charge is -2.23. The standard InChI is InChI=1S/C16H16N4OS2/c1-19-8-12(7-17-19)15-18-13(10-23-15)16(21)20-5-2-3-14(20)11-4-6-22-9-11/h4,6-10,14H,2-3,5H2,1H3/t14-/m1/s1. The first-order chi connectivity index (χ1) is 11.2. The third-order valence-electron chi connectivity index (χ3n) is 4.12. The van der Waals surface area contributed by atoms with Gasteiger partial charge in [0.05, 0.1) is 12.2 Å². The first-order valence-corrected chi connectivity index (χ1v) is 9.32. The van der Waals surface area contributed by atoms with Crippen molar-refractivity contribution in [2.45, 2.75) is 18.9 Å². The molecule has 0 N–H and O–H groups in total. The molecule has 0 spiro atoms. The van der Waals surface area contributed by atoms with Gasteiger partial charge in [0.2, 0.25) is 0 Å². The molecule has 7 heteroatoms. The van der Waals surface area contributed by atoms with Crippen LogP contribution in [-0.4, -0.2) is 32.1 Å². The van der Waals surface area contributed by atoms with Crippen molar-refractivity contribution in [3.63, 3.8) is 0 Å². The molecule has 4 rings (SSSR count). The van der Waals surface area contributed by atoms with E-state index in [1.807, 2.05) is 23.5 Å². The first-order valence-electron chi connectivity index (χ1n) is 7.50. The maximum absolute atomic E-state index is 12.9. The maximum Gasteiger partial charge on any atom is 0.273 e. The van der Waals surface area contributed by atoms with Crippen LogP contribution in [0.5, 0.6) is 0 Å². The van der Waals surface area contributed by atoms with Crippen LogP contribution in [0.2, 0.25) is 0 Å². The van der Waals surface area contributed by atoms with Crippen molar-refractivity contribution in [3.05, 3.63) is 45.9 Å². The number of hydrogen-bond acceptors (Lipinski definition) is 5. The van der Waals surface area contributed by atoms with Crippen LogP contribution in [-0.2, 0) is 7.05 Å². The highest BCUT2D eigenvalue weighted by Crippen LogP contribution is 2.34. The van der Waals surface area contributed by atoms with Gasteiger partial charge < -0.3 is 4.90 Å². The number of nitrogens with zero attached hydrogens (tertiary/aromatic N) is 4. The number of hydrogen-bond donors (Lipinski definition) is 0. The predicted octanol–water partition coefficient (Wildman–Crippen LogP) is 3.58. The Morgan fingerprint density at radius 1 is 1.39 bits per heavy atom. The fourth-order valence-corrected chi connectivity index (χ4v) is 4.48. The van der Waals surface area contributed by atoms with E-state index in [2.05, 4.69) is 26.9 Å². The summed E-state index contributed by atoms with van der Waals surface area (Å²) in [5, 5.41) is 11.1. The van der Waals surface area contributed by atoms with E-state index in [-0.39, 0.29) is 11.9 Å². The fourth-order valence-electron chi connectivity index (χ4n) is 3.00. The van der Waals surface area contributed by atoms with Crippen molar-refractivity contribution in [2.75, 3.05) is 6.54 Å². The number of carbonyl (C=O) groups is 1. The second kappa shape index (κ2) is 5.90. The Bertz CT molecular complexity index is 821. The number of thiazole rings is 1. The topological polar surface area (TPSA) is 51.0 Å². The van der Waals surface area contributed by atoms with Gasteiger partial charge in [-0.05, 0) is 35.2 Å². The summed E-state index contributed by atoms with van der Waals surface area (Å²) in [6.07, 6.45) is 5.77. The van der Waals surface area contributed by atoms with Gasteiger partial charge in [-0.15, -0.1) is 11.3 Å². The van der Waals surface area contributed by atoms with Gasteiger partial charge in [0.25, 0.3) is 5.91 Å². The molecule has 5 nitrogen and oxygen atoms in total. The van der Waals surface area contributed by atoms with Crippen molar-refractivity contribution in [2.24, 2.45) is 7.05 Å². The van der Waals surface area contributed by atoms with Crippen LogP contribution in [0.25, 0.3) is 10.6 Å². The van der Waals surface area contributed by atoms with E-state index in [1.54, 1.807) is 22.2 Å². The van der Waals surface area contributed by atoms with E-state index in [9.17, 15) is 4.79 Å². The van der Waals surface area contributed by atoms with Gasteiger partial charge in [-0.1, -0.05) is 0 Å². The lowest BCUT2D eigenvalue weighted by molar-refractivity contribution is 0.0731. The van der Waals surface area contributed by atoms with Gasteiger partial charge in [0.15, 0.2) is 0 Å². The molecule has 1 saturated heterocycles. The minimum atomic E-state index is 0.0325. The normalized spacial score (nSPS) is 17.8. The van der Waals surface area contributed by atoms with E-state index < -0.39 is 0 Å². The van der Waals surface area contributed by atoms with E-state index in [1.165, 1.54) is 16.9 Å². The van der Waals surface area contributed by atoms with Crippen LogP contribution >= 0.6 is 22.7 Å². The van der Waals surface area contributed by atoms with Crippen molar-refractivity contribution in [3.8, 4) is 10.6 Å². The Morgan fingerprint density at radius 3 is 3.04 bits per heavy atom. The molecular formula is C16H16N4OS2. The number of rotatable bonds is 3. The molecule has 3 aromatic heterocycles. The Morgan fingerprint density at radius 2 is 2.30 bits per heavy atom. The third-order valence-corrected chi connectivity index (χ3v) is 5.71. The van der Waals surface area contributed by atoms with Crippen LogP contribution in [0.3, 0.4) is 0 Å². The van der Waals surface area contributed by atoms with Crippen LogP contribution in [0, 0.1) is 0 Å². The summed E-state index contributed by atoms with van der Waals surface area (Å²) in [7, 11) is 1.87.